The Bertz CT molecular complexity index is 462. The van der Waals surface area contributed by atoms with Crippen LogP contribution in [0.1, 0.15) is 23.6 Å². The number of thiophene rings is 1. The molecule has 13 heavy (non-hydrogen) atoms. The van der Waals surface area contributed by atoms with E-state index in [2.05, 4.69) is 25.9 Å². The van der Waals surface area contributed by atoms with Crippen molar-refractivity contribution in [1.82, 2.24) is 9.97 Å². The topological polar surface area (TPSA) is 25.8 Å². The molecule has 0 aliphatic heterocycles. The van der Waals surface area contributed by atoms with Gasteiger partial charge in [0.2, 0.25) is 0 Å². The van der Waals surface area contributed by atoms with Crippen molar-refractivity contribution in [2.24, 2.45) is 0 Å². The molecular weight excluding hydrogens is 248 g/mol. The normalized spacial score (nSPS) is 16.7. The van der Waals surface area contributed by atoms with Gasteiger partial charge in [-0.05, 0) is 34.7 Å². The molecule has 3 rings (SSSR count). The third-order valence-corrected chi connectivity index (χ3v) is 4.68. The summed E-state index contributed by atoms with van der Waals surface area (Å²) in [5.74, 6) is 0.786. The van der Waals surface area contributed by atoms with E-state index in [9.17, 15) is 0 Å². The molecular formula is C9H7BrN2S. The molecule has 1 fully saturated rings. The van der Waals surface area contributed by atoms with Gasteiger partial charge < -0.3 is 0 Å². The fourth-order valence-electron chi connectivity index (χ4n) is 1.44. The average Bonchev–Trinajstić information content (AvgIpc) is 2.94. The van der Waals surface area contributed by atoms with E-state index in [0.717, 1.165) is 16.1 Å². The van der Waals surface area contributed by atoms with E-state index in [1.807, 2.05) is 6.20 Å². The molecule has 1 aliphatic rings. The summed E-state index contributed by atoms with van der Waals surface area (Å²) in [7, 11) is 0. The third-order valence-electron chi connectivity index (χ3n) is 2.28. The van der Waals surface area contributed by atoms with Crippen LogP contribution in [0.25, 0.3) is 10.2 Å². The lowest BCUT2D eigenvalue weighted by Crippen LogP contribution is -1.74. The first-order valence-corrected chi connectivity index (χ1v) is 5.85. The Morgan fingerprint density at radius 2 is 2.31 bits per heavy atom. The Morgan fingerprint density at radius 1 is 1.46 bits per heavy atom. The van der Waals surface area contributed by atoms with E-state index in [4.69, 9.17) is 0 Å². The van der Waals surface area contributed by atoms with E-state index in [0.29, 0.717) is 0 Å². The van der Waals surface area contributed by atoms with E-state index in [1.54, 1.807) is 17.7 Å². The van der Waals surface area contributed by atoms with Crippen molar-refractivity contribution in [3.8, 4) is 0 Å². The summed E-state index contributed by atoms with van der Waals surface area (Å²) in [6.07, 6.45) is 6.16. The zero-order chi connectivity index (χ0) is 8.84. The van der Waals surface area contributed by atoms with E-state index >= 15 is 0 Å². The van der Waals surface area contributed by atoms with E-state index in [1.165, 1.54) is 22.2 Å². The average molecular weight is 255 g/mol. The first-order valence-electron chi connectivity index (χ1n) is 4.24. The first-order chi connectivity index (χ1) is 6.36. The molecule has 0 spiro atoms. The molecule has 1 aliphatic carbocycles. The molecule has 0 atom stereocenters. The van der Waals surface area contributed by atoms with Crippen molar-refractivity contribution >= 4 is 37.5 Å². The maximum Gasteiger partial charge on any atom is 0.128 e. The van der Waals surface area contributed by atoms with Gasteiger partial charge in [-0.1, -0.05) is 0 Å². The number of hydrogen-bond acceptors (Lipinski definition) is 3. The molecule has 0 bridgehead atoms. The van der Waals surface area contributed by atoms with Crippen LogP contribution in [-0.2, 0) is 0 Å². The van der Waals surface area contributed by atoms with Gasteiger partial charge in [-0.25, -0.2) is 9.97 Å². The van der Waals surface area contributed by atoms with Gasteiger partial charge in [-0.15, -0.1) is 11.3 Å². The standard InChI is InChI=1S/C9H7BrN2S/c10-7-6-3-11-4-12-9(6)13-8(7)5-1-2-5/h3-5H,1-2H2. The molecule has 2 aromatic heterocycles. The van der Waals surface area contributed by atoms with Gasteiger partial charge in [0.05, 0.1) is 0 Å². The highest BCUT2D eigenvalue weighted by Gasteiger charge is 2.28. The number of aromatic nitrogens is 2. The first kappa shape index (κ1) is 7.88. The molecule has 2 heterocycles. The minimum Gasteiger partial charge on any atom is -0.244 e. The zero-order valence-electron chi connectivity index (χ0n) is 6.83. The van der Waals surface area contributed by atoms with Crippen LogP contribution in [0, 0.1) is 0 Å². The fraction of sp³-hybridized carbons (Fsp3) is 0.333. The molecule has 0 radical (unpaired) electrons. The number of fused-ring (bicyclic) bond motifs is 1. The Labute approximate surface area is 88.1 Å². The minimum absolute atomic E-state index is 0.786. The van der Waals surface area contributed by atoms with Gasteiger partial charge in [0.15, 0.2) is 0 Å². The second kappa shape index (κ2) is 2.75. The van der Waals surface area contributed by atoms with Crippen LogP contribution in [-0.4, -0.2) is 9.97 Å². The molecule has 4 heteroatoms. The van der Waals surface area contributed by atoms with Gasteiger partial charge in [0.1, 0.15) is 11.2 Å². The van der Waals surface area contributed by atoms with Gasteiger partial charge in [0.25, 0.3) is 0 Å². The van der Waals surface area contributed by atoms with Crippen molar-refractivity contribution in [1.29, 1.82) is 0 Å². The number of rotatable bonds is 1. The van der Waals surface area contributed by atoms with Crippen molar-refractivity contribution in [2.75, 3.05) is 0 Å². The largest absolute Gasteiger partial charge is 0.244 e. The quantitative estimate of drug-likeness (QED) is 0.781. The molecule has 0 unspecified atom stereocenters. The molecule has 66 valence electrons. The molecule has 0 N–H and O–H groups in total. The molecule has 0 aromatic carbocycles. The van der Waals surface area contributed by atoms with Crippen molar-refractivity contribution < 1.29 is 0 Å². The third kappa shape index (κ3) is 1.20. The predicted octanol–water partition coefficient (Wildman–Crippen LogP) is 3.33. The summed E-state index contributed by atoms with van der Waals surface area (Å²) in [5, 5.41) is 1.16. The summed E-state index contributed by atoms with van der Waals surface area (Å²) in [4.78, 5) is 10.8. The maximum absolute atomic E-state index is 4.25. The Hall–Kier alpha value is -0.480. The number of halogens is 1. The Balaban J connectivity index is 2.30. The second-order valence-electron chi connectivity index (χ2n) is 3.30. The van der Waals surface area contributed by atoms with Crippen LogP contribution in [0.15, 0.2) is 17.0 Å². The molecule has 2 nitrogen and oxygen atoms in total. The van der Waals surface area contributed by atoms with E-state index < -0.39 is 0 Å². The maximum atomic E-state index is 4.25. The van der Waals surface area contributed by atoms with Crippen LogP contribution in [0.5, 0.6) is 0 Å². The van der Waals surface area contributed by atoms with Gasteiger partial charge >= 0.3 is 0 Å². The summed E-state index contributed by atoms with van der Waals surface area (Å²) in [6, 6.07) is 0. The number of nitrogens with zero attached hydrogens (tertiary/aromatic N) is 2. The molecule has 0 saturated heterocycles. The summed E-state index contributed by atoms with van der Waals surface area (Å²) in [5.41, 5.74) is 0. The lowest BCUT2D eigenvalue weighted by Gasteiger charge is -1.90. The zero-order valence-corrected chi connectivity index (χ0v) is 9.23. The SMILES string of the molecule is Brc1c(C2CC2)sc2ncncc12. The smallest absolute Gasteiger partial charge is 0.128 e. The Morgan fingerprint density at radius 3 is 3.00 bits per heavy atom. The summed E-state index contributed by atoms with van der Waals surface area (Å²) < 4.78 is 1.22. The lowest BCUT2D eigenvalue weighted by atomic mass is 10.3. The van der Waals surface area contributed by atoms with Crippen molar-refractivity contribution in [2.45, 2.75) is 18.8 Å². The van der Waals surface area contributed by atoms with Crippen molar-refractivity contribution in [3.63, 3.8) is 0 Å². The predicted molar refractivity (Wildman–Crippen MR) is 57.1 cm³/mol. The van der Waals surface area contributed by atoms with Gasteiger partial charge in [-0.3, -0.25) is 0 Å². The highest BCUT2D eigenvalue weighted by molar-refractivity contribution is 9.10. The highest BCUT2D eigenvalue weighted by atomic mass is 79.9. The molecule has 0 amide bonds. The monoisotopic (exact) mass is 254 g/mol. The van der Waals surface area contributed by atoms with E-state index in [-0.39, 0.29) is 0 Å². The van der Waals surface area contributed by atoms with Crippen molar-refractivity contribution in [3.05, 3.63) is 21.9 Å². The van der Waals surface area contributed by atoms with Gasteiger partial charge in [0, 0.05) is 20.9 Å². The molecule has 2 aromatic rings. The summed E-state index contributed by atoms with van der Waals surface area (Å²) >= 11 is 5.42. The second-order valence-corrected chi connectivity index (χ2v) is 5.12. The Kier molecular flexibility index (Phi) is 1.67. The van der Waals surface area contributed by atoms with Crippen LogP contribution >= 0.6 is 27.3 Å². The number of hydrogen-bond donors (Lipinski definition) is 0. The van der Waals surface area contributed by atoms with Crippen LogP contribution in [0.4, 0.5) is 0 Å². The van der Waals surface area contributed by atoms with Crippen LogP contribution in [0.2, 0.25) is 0 Å². The minimum atomic E-state index is 0.786. The summed E-state index contributed by atoms with van der Waals surface area (Å²) in [6.45, 7) is 0. The van der Waals surface area contributed by atoms with Crippen LogP contribution in [0.3, 0.4) is 0 Å². The van der Waals surface area contributed by atoms with Gasteiger partial charge in [-0.2, -0.15) is 0 Å². The molecule has 1 saturated carbocycles. The van der Waals surface area contributed by atoms with Crippen LogP contribution < -0.4 is 0 Å². The highest BCUT2D eigenvalue weighted by Crippen LogP contribution is 2.49. The fourth-order valence-corrected chi connectivity index (χ4v) is 3.60. The lowest BCUT2D eigenvalue weighted by molar-refractivity contribution is 1.17.